The number of nitrogens with zero attached hydrogens (tertiary/aromatic N) is 3. The van der Waals surface area contributed by atoms with Gasteiger partial charge in [-0.2, -0.15) is 0 Å². The van der Waals surface area contributed by atoms with Crippen LogP contribution in [-0.2, 0) is 24.2 Å². The molecule has 5 rings (SSSR count). The summed E-state index contributed by atoms with van der Waals surface area (Å²) in [6.45, 7) is 1.08. The molecule has 0 saturated heterocycles. The summed E-state index contributed by atoms with van der Waals surface area (Å²) in [6, 6.07) is 26.6. The zero-order chi connectivity index (χ0) is 19.6. The minimum Gasteiger partial charge on any atom is -0.318 e. The van der Waals surface area contributed by atoms with E-state index in [2.05, 4.69) is 28.8 Å². The summed E-state index contributed by atoms with van der Waals surface area (Å²) >= 11 is 0. The number of aryl methyl sites for hydroxylation is 1. The van der Waals surface area contributed by atoms with Crippen LogP contribution in [0.15, 0.2) is 78.9 Å². The molecule has 0 saturated carbocycles. The topological polar surface area (TPSA) is 38.1 Å². The van der Waals surface area contributed by atoms with Gasteiger partial charge in [0.1, 0.15) is 12.4 Å². The average molecular weight is 381 g/mol. The lowest BCUT2D eigenvalue weighted by molar-refractivity contribution is -0.119. The predicted molar refractivity (Wildman–Crippen MR) is 116 cm³/mol. The average Bonchev–Trinajstić information content (AvgIpc) is 3.11. The van der Waals surface area contributed by atoms with Gasteiger partial charge in [0.2, 0.25) is 5.91 Å². The Hall–Kier alpha value is -3.40. The molecule has 0 bridgehead atoms. The number of aromatic nitrogens is 2. The molecule has 0 radical (unpaired) electrons. The third-order valence-electron chi connectivity index (χ3n) is 5.64. The first-order chi connectivity index (χ1) is 14.3. The molecule has 29 heavy (non-hydrogen) atoms. The fraction of sp³-hybridized carbons (Fsp3) is 0.200. The molecular weight excluding hydrogens is 358 g/mol. The SMILES string of the molecule is O=C(Cn1c(Cc2ccccc2)nc2ccccc21)N1CCCc2ccccc21. The van der Waals surface area contributed by atoms with Crippen LogP contribution in [0.5, 0.6) is 0 Å². The molecule has 0 unspecified atom stereocenters. The third kappa shape index (κ3) is 3.42. The number of rotatable bonds is 4. The highest BCUT2D eigenvalue weighted by atomic mass is 16.2. The van der Waals surface area contributed by atoms with Crippen molar-refractivity contribution >= 4 is 22.6 Å². The third-order valence-corrected chi connectivity index (χ3v) is 5.64. The largest absolute Gasteiger partial charge is 0.318 e. The molecule has 0 aliphatic carbocycles. The highest BCUT2D eigenvalue weighted by Gasteiger charge is 2.24. The Bertz CT molecular complexity index is 1160. The van der Waals surface area contributed by atoms with Crippen LogP contribution in [0.4, 0.5) is 5.69 Å². The Kier molecular flexibility index (Phi) is 4.60. The second-order valence-electron chi connectivity index (χ2n) is 7.54. The summed E-state index contributed by atoms with van der Waals surface area (Å²) in [4.78, 5) is 20.1. The Morgan fingerprint density at radius 1 is 0.897 bits per heavy atom. The number of hydrogen-bond acceptors (Lipinski definition) is 2. The number of carbonyl (C=O) groups is 1. The van der Waals surface area contributed by atoms with Crippen LogP contribution in [0.25, 0.3) is 11.0 Å². The van der Waals surface area contributed by atoms with Crippen molar-refractivity contribution < 1.29 is 4.79 Å². The van der Waals surface area contributed by atoms with Gasteiger partial charge in [0, 0.05) is 18.7 Å². The van der Waals surface area contributed by atoms with Crippen LogP contribution in [0.2, 0.25) is 0 Å². The lowest BCUT2D eigenvalue weighted by Crippen LogP contribution is -2.38. The fourth-order valence-corrected chi connectivity index (χ4v) is 4.23. The summed E-state index contributed by atoms with van der Waals surface area (Å²) < 4.78 is 2.09. The van der Waals surface area contributed by atoms with E-state index in [-0.39, 0.29) is 5.91 Å². The van der Waals surface area contributed by atoms with Gasteiger partial charge in [-0.3, -0.25) is 4.79 Å². The maximum Gasteiger partial charge on any atom is 0.246 e. The number of carbonyl (C=O) groups excluding carboxylic acids is 1. The van der Waals surface area contributed by atoms with Crippen LogP contribution in [-0.4, -0.2) is 22.0 Å². The smallest absolute Gasteiger partial charge is 0.246 e. The normalized spacial score (nSPS) is 13.4. The monoisotopic (exact) mass is 381 g/mol. The second kappa shape index (κ2) is 7.55. The molecule has 1 aromatic heterocycles. The molecule has 0 atom stereocenters. The molecule has 4 nitrogen and oxygen atoms in total. The van der Waals surface area contributed by atoms with Crippen LogP contribution < -0.4 is 4.90 Å². The van der Waals surface area contributed by atoms with E-state index in [4.69, 9.17) is 4.98 Å². The molecule has 144 valence electrons. The standard InChI is InChI=1S/C25H23N3O/c29-25(27-16-8-12-20-11-4-6-14-22(20)27)18-28-23-15-7-5-13-21(23)26-24(28)17-19-9-2-1-3-10-19/h1-7,9-11,13-15H,8,12,16-18H2. The summed E-state index contributed by atoms with van der Waals surface area (Å²) in [5.74, 6) is 1.05. The number of imidazole rings is 1. The Morgan fingerprint density at radius 2 is 1.66 bits per heavy atom. The van der Waals surface area contributed by atoms with Crippen molar-refractivity contribution in [2.45, 2.75) is 25.8 Å². The van der Waals surface area contributed by atoms with Crippen LogP contribution in [0.1, 0.15) is 23.4 Å². The van der Waals surface area contributed by atoms with E-state index < -0.39 is 0 Å². The predicted octanol–water partition coefficient (Wildman–Crippen LogP) is 4.61. The molecule has 4 aromatic rings. The lowest BCUT2D eigenvalue weighted by Gasteiger charge is -2.29. The van der Waals surface area contributed by atoms with Crippen LogP contribution in [0, 0.1) is 0 Å². The van der Waals surface area contributed by atoms with Crippen molar-refractivity contribution in [3.05, 3.63) is 95.8 Å². The number of fused-ring (bicyclic) bond motifs is 2. The zero-order valence-corrected chi connectivity index (χ0v) is 16.3. The molecule has 2 heterocycles. The number of anilines is 1. The van der Waals surface area contributed by atoms with Gasteiger partial charge >= 0.3 is 0 Å². The molecule has 1 aliphatic heterocycles. The number of amides is 1. The molecule has 1 aliphatic rings. The van der Waals surface area contributed by atoms with E-state index in [0.717, 1.165) is 41.9 Å². The number of para-hydroxylation sites is 3. The van der Waals surface area contributed by atoms with E-state index in [1.54, 1.807) is 0 Å². The van der Waals surface area contributed by atoms with Crippen molar-refractivity contribution in [1.82, 2.24) is 9.55 Å². The Balaban J connectivity index is 1.50. The van der Waals surface area contributed by atoms with Crippen LogP contribution in [0.3, 0.4) is 0 Å². The highest BCUT2D eigenvalue weighted by molar-refractivity contribution is 5.95. The molecule has 0 N–H and O–H groups in total. The summed E-state index contributed by atoms with van der Waals surface area (Å²) in [5.41, 5.74) is 5.45. The summed E-state index contributed by atoms with van der Waals surface area (Å²) in [7, 11) is 0. The van der Waals surface area contributed by atoms with Gasteiger partial charge in [-0.25, -0.2) is 4.98 Å². The quantitative estimate of drug-likeness (QED) is 0.518. The maximum atomic E-state index is 13.4. The molecule has 0 spiro atoms. The Labute approximate surface area is 170 Å². The van der Waals surface area contributed by atoms with Gasteiger partial charge in [-0.15, -0.1) is 0 Å². The maximum absolute atomic E-state index is 13.4. The van der Waals surface area contributed by atoms with E-state index in [0.29, 0.717) is 13.0 Å². The van der Waals surface area contributed by atoms with Crippen molar-refractivity contribution in [1.29, 1.82) is 0 Å². The van der Waals surface area contributed by atoms with Gasteiger partial charge in [-0.05, 0) is 42.2 Å². The molecule has 1 amide bonds. The first-order valence-corrected chi connectivity index (χ1v) is 10.2. The van der Waals surface area contributed by atoms with E-state index in [1.807, 2.05) is 59.5 Å². The van der Waals surface area contributed by atoms with Gasteiger partial charge in [0.25, 0.3) is 0 Å². The minimum absolute atomic E-state index is 0.120. The van der Waals surface area contributed by atoms with E-state index >= 15 is 0 Å². The molecular formula is C25H23N3O. The highest BCUT2D eigenvalue weighted by Crippen LogP contribution is 2.27. The number of hydrogen-bond donors (Lipinski definition) is 0. The first kappa shape index (κ1) is 17.7. The fourth-order valence-electron chi connectivity index (χ4n) is 4.23. The van der Waals surface area contributed by atoms with Crippen molar-refractivity contribution in [2.24, 2.45) is 0 Å². The first-order valence-electron chi connectivity index (χ1n) is 10.2. The van der Waals surface area contributed by atoms with E-state index in [9.17, 15) is 4.79 Å². The summed E-state index contributed by atoms with van der Waals surface area (Å²) in [6.07, 6.45) is 2.75. The molecule has 0 fully saturated rings. The van der Waals surface area contributed by atoms with Gasteiger partial charge in [0.05, 0.1) is 11.0 Å². The van der Waals surface area contributed by atoms with Crippen LogP contribution >= 0.6 is 0 Å². The van der Waals surface area contributed by atoms with E-state index in [1.165, 1.54) is 11.1 Å². The summed E-state index contributed by atoms with van der Waals surface area (Å²) in [5, 5.41) is 0. The zero-order valence-electron chi connectivity index (χ0n) is 16.3. The Morgan fingerprint density at radius 3 is 2.55 bits per heavy atom. The minimum atomic E-state index is 0.120. The van der Waals surface area contributed by atoms with Crippen molar-refractivity contribution in [2.75, 3.05) is 11.4 Å². The van der Waals surface area contributed by atoms with Crippen molar-refractivity contribution in [3.8, 4) is 0 Å². The molecule has 4 heteroatoms. The second-order valence-corrected chi connectivity index (χ2v) is 7.54. The number of benzene rings is 3. The van der Waals surface area contributed by atoms with Gasteiger partial charge < -0.3 is 9.47 Å². The lowest BCUT2D eigenvalue weighted by atomic mass is 10.0. The van der Waals surface area contributed by atoms with Crippen molar-refractivity contribution in [3.63, 3.8) is 0 Å². The van der Waals surface area contributed by atoms with Gasteiger partial charge in [0.15, 0.2) is 0 Å². The van der Waals surface area contributed by atoms with Gasteiger partial charge in [-0.1, -0.05) is 60.7 Å². The molecule has 3 aromatic carbocycles.